The Balaban J connectivity index is 1.10. The van der Waals surface area contributed by atoms with E-state index in [2.05, 4.69) is 37.3 Å². The minimum atomic E-state index is -0.217. The van der Waals surface area contributed by atoms with Crippen LogP contribution in [0.5, 0.6) is 5.75 Å². The molecule has 3 atom stereocenters. The molecule has 4 aromatic rings. The van der Waals surface area contributed by atoms with E-state index < -0.39 is 0 Å². The van der Waals surface area contributed by atoms with Gasteiger partial charge in [-0.25, -0.2) is 14.2 Å². The number of halogens is 1. The monoisotopic (exact) mass is 681 g/mol. The van der Waals surface area contributed by atoms with E-state index in [4.69, 9.17) is 26.8 Å². The highest BCUT2D eigenvalue weighted by Gasteiger charge is 2.38. The summed E-state index contributed by atoms with van der Waals surface area (Å²) in [6.45, 7) is 2.01. The summed E-state index contributed by atoms with van der Waals surface area (Å²) in [6, 6.07) is 7.85. The molecular weight excluding hydrogens is 642 g/mol. The van der Waals surface area contributed by atoms with E-state index in [1.54, 1.807) is 23.8 Å². The highest BCUT2D eigenvalue weighted by Crippen LogP contribution is 2.39. The first-order valence-corrected chi connectivity index (χ1v) is 17.4. The molecule has 0 saturated carbocycles. The second-order valence-corrected chi connectivity index (χ2v) is 14.4. The van der Waals surface area contributed by atoms with Gasteiger partial charge in [-0.3, -0.25) is 9.59 Å². The van der Waals surface area contributed by atoms with E-state index in [0.717, 1.165) is 37.9 Å². The van der Waals surface area contributed by atoms with Gasteiger partial charge in [0.1, 0.15) is 34.3 Å². The van der Waals surface area contributed by atoms with Crippen LogP contribution in [-0.2, 0) is 11.3 Å². The fraction of sp³-hybridized carbons (Fsp3) is 0.531. The first-order valence-electron chi connectivity index (χ1n) is 16.2. The molecule has 250 valence electrons. The second-order valence-electron chi connectivity index (χ2n) is 12.7. The van der Waals surface area contributed by atoms with Crippen molar-refractivity contribution in [3.63, 3.8) is 0 Å². The molecule has 0 radical (unpaired) electrons. The Bertz CT molecular complexity index is 1810. The molecule has 3 aliphatic rings. The fourth-order valence-corrected chi connectivity index (χ4v) is 8.44. The maximum atomic E-state index is 13.7. The maximum Gasteiger partial charge on any atom is 0.266 e. The summed E-state index contributed by atoms with van der Waals surface area (Å²) >= 11 is 7.70. The van der Waals surface area contributed by atoms with Crippen molar-refractivity contribution in [2.75, 3.05) is 44.5 Å². The summed E-state index contributed by atoms with van der Waals surface area (Å²) in [6.07, 6.45) is 8.73. The zero-order valence-corrected chi connectivity index (χ0v) is 28.2. The predicted molar refractivity (Wildman–Crippen MR) is 182 cm³/mol. The number of aromatic nitrogens is 5. The Morgan fingerprint density at radius 1 is 1.17 bits per heavy atom. The van der Waals surface area contributed by atoms with Gasteiger partial charge >= 0.3 is 0 Å². The molecule has 0 aromatic carbocycles. The van der Waals surface area contributed by atoms with Crippen molar-refractivity contribution in [3.05, 3.63) is 50.2 Å². The number of nitrogen functional groups attached to an aromatic ring is 1. The van der Waals surface area contributed by atoms with Crippen LogP contribution in [0.3, 0.4) is 0 Å². The number of piperidine rings is 3. The number of hydrogen-bond donors (Lipinski definition) is 2. The van der Waals surface area contributed by atoms with E-state index in [1.807, 2.05) is 6.07 Å². The molecule has 2 bridgehead atoms. The SMILES string of the molecule is COCCn1nc(-c2cc(N3CCC[C@@H](NC(=O)c4sc(Cl)cc4OC4CC5CCCC(C4)N5C)C3)c3c(N)ncnn23)ccc1=O. The van der Waals surface area contributed by atoms with Crippen LogP contribution in [-0.4, -0.2) is 93.3 Å². The van der Waals surface area contributed by atoms with Gasteiger partial charge in [0.15, 0.2) is 5.82 Å². The molecule has 3 fully saturated rings. The lowest BCUT2D eigenvalue weighted by Crippen LogP contribution is -2.52. The third-order valence-corrected chi connectivity index (χ3v) is 11.0. The summed E-state index contributed by atoms with van der Waals surface area (Å²) in [5, 5.41) is 12.3. The van der Waals surface area contributed by atoms with Crippen molar-refractivity contribution < 1.29 is 14.3 Å². The highest BCUT2D eigenvalue weighted by atomic mass is 35.5. The number of anilines is 2. The van der Waals surface area contributed by atoms with Crippen molar-refractivity contribution in [2.24, 2.45) is 0 Å². The third kappa shape index (κ3) is 6.43. The van der Waals surface area contributed by atoms with Crippen molar-refractivity contribution in [1.82, 2.24) is 34.6 Å². The van der Waals surface area contributed by atoms with E-state index in [0.29, 0.717) is 69.5 Å². The largest absolute Gasteiger partial charge is 0.489 e. The molecule has 7 heterocycles. The molecule has 3 saturated heterocycles. The van der Waals surface area contributed by atoms with Gasteiger partial charge in [0, 0.05) is 50.5 Å². The third-order valence-electron chi connectivity index (χ3n) is 9.76. The number of methoxy groups -OCH3 is 1. The molecule has 7 rings (SSSR count). The van der Waals surface area contributed by atoms with Gasteiger partial charge in [-0.1, -0.05) is 18.0 Å². The standard InChI is InChI=1S/C32H40ClN9O4S/c1-39-20-6-3-7-21(39)14-22(13-20)46-26-16-27(33)47-30(26)32(44)37-19-5-4-10-40(17-19)25-15-24(42-29(25)31(34)35-18-36-42)23-8-9-28(43)41(38-23)11-12-45-2/h8-9,15-16,18-22H,3-7,10-14,17H2,1-2H3,(H,37,44)(H2,34,35,36)/t19-,20?,21?,22?/m1/s1. The van der Waals surface area contributed by atoms with Gasteiger partial charge in [-0.05, 0) is 57.7 Å². The first kappa shape index (κ1) is 31.9. The summed E-state index contributed by atoms with van der Waals surface area (Å²) in [7, 11) is 3.80. The predicted octanol–water partition coefficient (Wildman–Crippen LogP) is 3.69. The van der Waals surface area contributed by atoms with Crippen molar-refractivity contribution in [2.45, 2.75) is 75.7 Å². The molecule has 3 N–H and O–H groups in total. The summed E-state index contributed by atoms with van der Waals surface area (Å²) in [5.41, 5.74) is 8.92. The topological polar surface area (TPSA) is 145 Å². The van der Waals surface area contributed by atoms with Crippen LogP contribution in [0.4, 0.5) is 11.5 Å². The minimum Gasteiger partial charge on any atom is -0.489 e. The van der Waals surface area contributed by atoms with Crippen LogP contribution in [0.15, 0.2) is 35.4 Å². The number of hydrogen-bond acceptors (Lipinski definition) is 11. The molecule has 3 aliphatic heterocycles. The van der Waals surface area contributed by atoms with Gasteiger partial charge in [-0.2, -0.15) is 10.2 Å². The summed E-state index contributed by atoms with van der Waals surface area (Å²) in [5.74, 6) is 0.725. The smallest absolute Gasteiger partial charge is 0.266 e. The quantitative estimate of drug-likeness (QED) is 0.268. The van der Waals surface area contributed by atoms with Crippen LogP contribution in [0.25, 0.3) is 16.9 Å². The number of rotatable bonds is 9. The molecule has 0 aliphatic carbocycles. The van der Waals surface area contributed by atoms with E-state index in [1.165, 1.54) is 47.7 Å². The molecule has 4 aromatic heterocycles. The Morgan fingerprint density at radius 3 is 2.77 bits per heavy atom. The lowest BCUT2D eigenvalue weighted by Gasteiger charge is -2.46. The van der Waals surface area contributed by atoms with E-state index in [-0.39, 0.29) is 23.6 Å². The molecule has 15 heteroatoms. The average Bonchev–Trinajstić information content (AvgIpc) is 3.62. The molecule has 13 nitrogen and oxygen atoms in total. The van der Waals surface area contributed by atoms with Crippen LogP contribution >= 0.6 is 22.9 Å². The van der Waals surface area contributed by atoms with Gasteiger partial charge in [0.25, 0.3) is 11.5 Å². The zero-order valence-electron chi connectivity index (χ0n) is 26.6. The van der Waals surface area contributed by atoms with Crippen molar-refractivity contribution in [3.8, 4) is 17.1 Å². The lowest BCUT2D eigenvalue weighted by atomic mass is 9.83. The summed E-state index contributed by atoms with van der Waals surface area (Å²) < 4.78 is 15.3. The number of carbonyl (C=O) groups excluding carboxylic acids is 1. The zero-order chi connectivity index (χ0) is 32.7. The molecule has 47 heavy (non-hydrogen) atoms. The number of nitrogens with zero attached hydrogens (tertiary/aromatic N) is 7. The second kappa shape index (κ2) is 13.4. The van der Waals surface area contributed by atoms with Crippen LogP contribution in [0.1, 0.15) is 54.6 Å². The van der Waals surface area contributed by atoms with Crippen molar-refractivity contribution in [1.29, 1.82) is 0 Å². The number of carbonyl (C=O) groups is 1. The number of nitrogens with one attached hydrogen (secondary N) is 1. The Hall–Kier alpha value is -3.72. The van der Waals surface area contributed by atoms with E-state index in [9.17, 15) is 9.59 Å². The lowest BCUT2D eigenvalue weighted by molar-refractivity contribution is 0.0000697. The first-order chi connectivity index (χ1) is 22.8. The van der Waals surface area contributed by atoms with Gasteiger partial charge < -0.3 is 30.3 Å². The molecular formula is C32H40ClN9O4S. The van der Waals surface area contributed by atoms with Crippen LogP contribution < -0.4 is 26.2 Å². The Labute approximate surface area is 281 Å². The average molecular weight is 682 g/mol. The van der Waals surface area contributed by atoms with E-state index >= 15 is 0 Å². The highest BCUT2D eigenvalue weighted by molar-refractivity contribution is 7.18. The molecule has 0 spiro atoms. The number of ether oxygens (including phenoxy) is 2. The normalized spacial score (nSPS) is 23.3. The number of amides is 1. The number of fused-ring (bicyclic) bond motifs is 3. The van der Waals surface area contributed by atoms with Crippen LogP contribution in [0, 0.1) is 0 Å². The molecule has 2 unspecified atom stereocenters. The summed E-state index contributed by atoms with van der Waals surface area (Å²) in [4.78, 5) is 35.6. The maximum absolute atomic E-state index is 13.7. The van der Waals surface area contributed by atoms with Gasteiger partial charge in [-0.15, -0.1) is 11.3 Å². The van der Waals surface area contributed by atoms with Gasteiger partial charge in [0.05, 0.1) is 28.9 Å². The van der Waals surface area contributed by atoms with Crippen molar-refractivity contribution >= 4 is 45.9 Å². The van der Waals surface area contributed by atoms with Gasteiger partial charge in [0.2, 0.25) is 0 Å². The molecule has 1 amide bonds. The Morgan fingerprint density at radius 2 is 1.98 bits per heavy atom. The number of nitrogens with two attached hydrogens (primary N) is 1. The number of thiophene rings is 1. The van der Waals surface area contributed by atoms with Crippen LogP contribution in [0.2, 0.25) is 4.34 Å². The fourth-order valence-electron chi connectivity index (χ4n) is 7.39. The Kier molecular flexibility index (Phi) is 9.09. The minimum absolute atomic E-state index is 0.0719.